The molecule has 3 rings (SSSR count). The number of amides is 1. The number of carbonyl (C=O) groups excluding carboxylic acids is 1. The average Bonchev–Trinajstić information content (AvgIpc) is 2.95. The Morgan fingerprint density at radius 1 is 1.43 bits per heavy atom. The van der Waals surface area contributed by atoms with Gasteiger partial charge in [-0.2, -0.15) is 0 Å². The van der Waals surface area contributed by atoms with Crippen LogP contribution in [0.5, 0.6) is 5.75 Å². The quantitative estimate of drug-likeness (QED) is 0.789. The Bertz CT molecular complexity index is 844. The first-order valence-corrected chi connectivity index (χ1v) is 6.02. The van der Waals surface area contributed by atoms with E-state index < -0.39 is 11.7 Å². The van der Waals surface area contributed by atoms with Gasteiger partial charge in [-0.1, -0.05) is 12.1 Å². The van der Waals surface area contributed by atoms with Crippen molar-refractivity contribution in [2.45, 2.75) is 0 Å². The highest BCUT2D eigenvalue weighted by Crippen LogP contribution is 2.30. The number of nitrogens with two attached hydrogens (primary N) is 1. The van der Waals surface area contributed by atoms with Gasteiger partial charge in [0.05, 0.1) is 18.4 Å². The van der Waals surface area contributed by atoms with Gasteiger partial charge in [-0.25, -0.2) is 13.9 Å². The lowest BCUT2D eigenvalue weighted by Gasteiger charge is -2.11. The van der Waals surface area contributed by atoms with Gasteiger partial charge in [-0.3, -0.25) is 4.79 Å². The minimum absolute atomic E-state index is 0.102. The van der Waals surface area contributed by atoms with Crippen LogP contribution in [0.2, 0.25) is 0 Å². The van der Waals surface area contributed by atoms with E-state index in [9.17, 15) is 9.18 Å². The number of benzene rings is 1. The largest absolute Gasteiger partial charge is 0.492 e. The molecule has 2 heterocycles. The number of hydrogen-bond donors (Lipinski definition) is 1. The van der Waals surface area contributed by atoms with Gasteiger partial charge in [0.2, 0.25) is 6.33 Å². The van der Waals surface area contributed by atoms with E-state index in [1.807, 2.05) is 0 Å². The number of halogens is 1. The SMILES string of the molecule is COc1c(C(N)=O)cc(-c2ccccc2F)n2n[c]nc12. The first-order valence-electron chi connectivity index (χ1n) is 6.02. The zero-order valence-electron chi connectivity index (χ0n) is 11.0. The first kappa shape index (κ1) is 13.0. The Morgan fingerprint density at radius 2 is 2.19 bits per heavy atom. The molecule has 0 saturated heterocycles. The molecular formula is C14H10FN4O2. The maximum absolute atomic E-state index is 14.0. The molecule has 0 bridgehead atoms. The third kappa shape index (κ3) is 1.99. The van der Waals surface area contributed by atoms with E-state index in [0.717, 1.165) is 0 Å². The second-order valence-corrected chi connectivity index (χ2v) is 4.27. The summed E-state index contributed by atoms with van der Waals surface area (Å²) < 4.78 is 20.5. The van der Waals surface area contributed by atoms with Crippen molar-refractivity contribution >= 4 is 11.6 Å². The van der Waals surface area contributed by atoms with E-state index in [2.05, 4.69) is 16.4 Å². The number of pyridine rings is 1. The molecule has 2 N–H and O–H groups in total. The first-order chi connectivity index (χ1) is 10.1. The topological polar surface area (TPSA) is 82.5 Å². The molecule has 0 atom stereocenters. The second-order valence-electron chi connectivity index (χ2n) is 4.27. The van der Waals surface area contributed by atoms with Crippen LogP contribution >= 0.6 is 0 Å². The zero-order chi connectivity index (χ0) is 15.0. The van der Waals surface area contributed by atoms with E-state index in [1.54, 1.807) is 18.2 Å². The highest BCUT2D eigenvalue weighted by molar-refractivity contribution is 5.99. The van der Waals surface area contributed by atoms with Crippen LogP contribution in [0.4, 0.5) is 4.39 Å². The molecule has 2 aromatic heterocycles. The standard InChI is InChI=1S/C14H10FN4O2/c1-21-12-9(13(16)20)6-11(19-14(12)17-7-18-19)8-4-2-3-5-10(8)15/h2-6H,1H3,(H2,16,20). The van der Waals surface area contributed by atoms with E-state index in [-0.39, 0.29) is 22.5 Å². The number of ether oxygens (including phenoxy) is 1. The third-order valence-electron chi connectivity index (χ3n) is 3.08. The van der Waals surface area contributed by atoms with Crippen molar-refractivity contribution < 1.29 is 13.9 Å². The molecule has 0 saturated carbocycles. The molecule has 0 aliphatic rings. The summed E-state index contributed by atoms with van der Waals surface area (Å²) in [5.74, 6) is -0.971. The van der Waals surface area contributed by atoms with E-state index in [4.69, 9.17) is 10.5 Å². The van der Waals surface area contributed by atoms with Gasteiger partial charge < -0.3 is 10.5 Å². The van der Waals surface area contributed by atoms with Crippen LogP contribution in [0.15, 0.2) is 30.3 Å². The fourth-order valence-corrected chi connectivity index (χ4v) is 2.15. The minimum atomic E-state index is -0.699. The summed E-state index contributed by atoms with van der Waals surface area (Å²) in [6.07, 6.45) is 2.42. The summed E-state index contributed by atoms with van der Waals surface area (Å²) >= 11 is 0. The van der Waals surface area contributed by atoms with Crippen molar-refractivity contribution in [2.24, 2.45) is 5.73 Å². The smallest absolute Gasteiger partial charge is 0.252 e. The number of methoxy groups -OCH3 is 1. The van der Waals surface area contributed by atoms with Crippen LogP contribution in [0.3, 0.4) is 0 Å². The monoisotopic (exact) mass is 285 g/mol. The van der Waals surface area contributed by atoms with Crippen molar-refractivity contribution in [3.05, 3.63) is 48.0 Å². The lowest BCUT2D eigenvalue weighted by molar-refractivity contribution is 0.0997. The zero-order valence-corrected chi connectivity index (χ0v) is 11.0. The number of hydrogen-bond acceptors (Lipinski definition) is 4. The van der Waals surface area contributed by atoms with Crippen LogP contribution < -0.4 is 10.5 Å². The molecule has 1 aromatic carbocycles. The molecule has 0 spiro atoms. The predicted molar refractivity (Wildman–Crippen MR) is 72.3 cm³/mol. The van der Waals surface area contributed by atoms with E-state index in [1.165, 1.54) is 23.8 Å². The van der Waals surface area contributed by atoms with E-state index in [0.29, 0.717) is 5.69 Å². The molecule has 1 radical (unpaired) electrons. The van der Waals surface area contributed by atoms with Crippen LogP contribution in [0.1, 0.15) is 10.4 Å². The van der Waals surface area contributed by atoms with Gasteiger partial charge in [-0.15, -0.1) is 5.10 Å². The van der Waals surface area contributed by atoms with Gasteiger partial charge in [0.1, 0.15) is 5.82 Å². The second kappa shape index (κ2) is 4.86. The Hall–Kier alpha value is -2.96. The summed E-state index contributed by atoms with van der Waals surface area (Å²) in [5.41, 5.74) is 6.31. The average molecular weight is 285 g/mol. The van der Waals surface area contributed by atoms with Crippen molar-refractivity contribution in [3.63, 3.8) is 0 Å². The molecule has 0 aliphatic heterocycles. The molecule has 0 fully saturated rings. The van der Waals surface area contributed by atoms with Gasteiger partial charge in [-0.05, 0) is 18.2 Å². The lowest BCUT2D eigenvalue weighted by Crippen LogP contribution is -2.14. The Kier molecular flexibility index (Phi) is 3.02. The Balaban J connectivity index is 2.41. The molecule has 3 aromatic rings. The molecule has 105 valence electrons. The predicted octanol–water partition coefficient (Wildman–Crippen LogP) is 1.44. The fraction of sp³-hybridized carbons (Fsp3) is 0.0714. The summed E-state index contributed by atoms with van der Waals surface area (Å²) in [6.45, 7) is 0. The van der Waals surface area contributed by atoms with Crippen molar-refractivity contribution in [2.75, 3.05) is 7.11 Å². The molecule has 21 heavy (non-hydrogen) atoms. The molecule has 7 heteroatoms. The van der Waals surface area contributed by atoms with Gasteiger partial charge in [0, 0.05) is 5.56 Å². The molecule has 6 nitrogen and oxygen atoms in total. The minimum Gasteiger partial charge on any atom is -0.492 e. The van der Waals surface area contributed by atoms with Gasteiger partial charge >= 0.3 is 0 Å². The van der Waals surface area contributed by atoms with Crippen molar-refractivity contribution in [1.29, 1.82) is 0 Å². The van der Waals surface area contributed by atoms with Crippen LogP contribution in [-0.4, -0.2) is 27.6 Å². The number of nitrogens with zero attached hydrogens (tertiary/aromatic N) is 3. The van der Waals surface area contributed by atoms with Crippen LogP contribution in [-0.2, 0) is 0 Å². The van der Waals surface area contributed by atoms with Crippen molar-refractivity contribution in [1.82, 2.24) is 14.6 Å². The summed E-state index contributed by atoms with van der Waals surface area (Å²) in [7, 11) is 1.39. The van der Waals surface area contributed by atoms with Crippen molar-refractivity contribution in [3.8, 4) is 17.0 Å². The fourth-order valence-electron chi connectivity index (χ4n) is 2.15. The highest BCUT2D eigenvalue weighted by Gasteiger charge is 2.20. The Labute approximate surface area is 119 Å². The number of primary amides is 1. The summed E-state index contributed by atoms with van der Waals surface area (Å²) in [6, 6.07) is 7.56. The third-order valence-corrected chi connectivity index (χ3v) is 3.08. The van der Waals surface area contributed by atoms with Crippen LogP contribution in [0, 0.1) is 12.1 Å². The van der Waals surface area contributed by atoms with Gasteiger partial charge in [0.15, 0.2) is 11.4 Å². The number of carbonyl (C=O) groups is 1. The number of fused-ring (bicyclic) bond motifs is 1. The lowest BCUT2D eigenvalue weighted by atomic mass is 10.1. The molecular weight excluding hydrogens is 275 g/mol. The summed E-state index contributed by atoms with van der Waals surface area (Å²) in [5, 5.41) is 3.93. The molecule has 1 amide bonds. The number of rotatable bonds is 3. The summed E-state index contributed by atoms with van der Waals surface area (Å²) in [4.78, 5) is 15.5. The normalized spacial score (nSPS) is 10.8. The highest BCUT2D eigenvalue weighted by atomic mass is 19.1. The number of aromatic nitrogens is 3. The Morgan fingerprint density at radius 3 is 2.86 bits per heavy atom. The molecule has 0 aliphatic carbocycles. The molecule has 0 unspecified atom stereocenters. The van der Waals surface area contributed by atoms with Gasteiger partial charge in [0.25, 0.3) is 5.91 Å². The van der Waals surface area contributed by atoms with Crippen LogP contribution in [0.25, 0.3) is 16.9 Å². The maximum atomic E-state index is 14.0. The van der Waals surface area contributed by atoms with E-state index >= 15 is 0 Å². The maximum Gasteiger partial charge on any atom is 0.252 e.